The molecule has 0 saturated carbocycles. The van der Waals surface area contributed by atoms with Crippen molar-refractivity contribution in [2.24, 2.45) is 5.92 Å². The number of ketones is 1. The molecule has 1 aliphatic rings. The molecule has 0 aromatic rings. The molecule has 0 aromatic carbocycles. The number of ether oxygens (including phenoxy) is 1. The average molecular weight is 239 g/mol. The molecule has 0 bridgehead atoms. The molecule has 1 saturated heterocycles. The Morgan fingerprint density at radius 2 is 2.00 bits per heavy atom. The van der Waals surface area contributed by atoms with E-state index in [1.165, 1.54) is 6.08 Å². The second kappa shape index (κ2) is 4.90. The topological polar surface area (TPSA) is 46.6 Å². The zero-order valence-electron chi connectivity index (χ0n) is 11.0. The van der Waals surface area contributed by atoms with E-state index in [0.717, 1.165) is 0 Å². The number of rotatable bonds is 2. The molecule has 0 radical (unpaired) electrons. The fourth-order valence-electron chi connectivity index (χ4n) is 2.05. The summed E-state index contributed by atoms with van der Waals surface area (Å²) in [6, 6.07) is -0.115. The Bertz CT molecular complexity index is 330. The molecule has 2 unspecified atom stereocenters. The second-order valence-corrected chi connectivity index (χ2v) is 5.42. The smallest absolute Gasteiger partial charge is 0.410 e. The van der Waals surface area contributed by atoms with Crippen molar-refractivity contribution in [3.63, 3.8) is 0 Å². The number of allylic oxidation sites excluding steroid dienone is 1. The predicted octanol–water partition coefficient (Wildman–Crippen LogP) is 2.39. The van der Waals surface area contributed by atoms with Crippen LogP contribution in [0.25, 0.3) is 0 Å². The number of carbonyl (C=O) groups is 2. The highest BCUT2D eigenvalue weighted by atomic mass is 16.6. The van der Waals surface area contributed by atoms with Crippen LogP contribution in [-0.2, 0) is 9.53 Å². The van der Waals surface area contributed by atoms with E-state index in [9.17, 15) is 9.59 Å². The van der Waals surface area contributed by atoms with Gasteiger partial charge >= 0.3 is 6.09 Å². The van der Waals surface area contributed by atoms with Crippen molar-refractivity contribution in [3.8, 4) is 0 Å². The molecular weight excluding hydrogens is 218 g/mol. The monoisotopic (exact) mass is 239 g/mol. The van der Waals surface area contributed by atoms with Crippen molar-refractivity contribution in [2.75, 3.05) is 6.54 Å². The maximum absolute atomic E-state index is 11.9. The van der Waals surface area contributed by atoms with E-state index in [4.69, 9.17) is 4.74 Å². The number of likely N-dealkylation sites (tertiary alicyclic amines) is 1. The van der Waals surface area contributed by atoms with E-state index >= 15 is 0 Å². The summed E-state index contributed by atoms with van der Waals surface area (Å²) in [5.41, 5.74) is -0.503. The van der Waals surface area contributed by atoms with Gasteiger partial charge in [-0.2, -0.15) is 0 Å². The molecule has 17 heavy (non-hydrogen) atoms. The Hall–Kier alpha value is -1.32. The van der Waals surface area contributed by atoms with E-state index in [2.05, 4.69) is 6.58 Å². The van der Waals surface area contributed by atoms with Gasteiger partial charge in [0.1, 0.15) is 5.60 Å². The number of amides is 1. The molecule has 4 nitrogen and oxygen atoms in total. The Balaban J connectivity index is 2.67. The SMILES string of the molecule is C=CC(=O)C1CCN(C(=O)OC(C)(C)C)C1C. The molecule has 1 rings (SSSR count). The van der Waals surface area contributed by atoms with Gasteiger partial charge < -0.3 is 9.64 Å². The second-order valence-electron chi connectivity index (χ2n) is 5.42. The van der Waals surface area contributed by atoms with E-state index < -0.39 is 5.60 Å². The summed E-state index contributed by atoms with van der Waals surface area (Å²) in [6.45, 7) is 11.4. The largest absolute Gasteiger partial charge is 0.444 e. The zero-order valence-corrected chi connectivity index (χ0v) is 11.0. The quantitative estimate of drug-likeness (QED) is 0.695. The molecule has 96 valence electrons. The number of hydrogen-bond donors (Lipinski definition) is 0. The van der Waals surface area contributed by atoms with E-state index in [-0.39, 0.29) is 23.8 Å². The minimum absolute atomic E-state index is 0.00330. The summed E-state index contributed by atoms with van der Waals surface area (Å²) in [5.74, 6) is -0.136. The van der Waals surface area contributed by atoms with Crippen molar-refractivity contribution in [1.82, 2.24) is 4.90 Å². The van der Waals surface area contributed by atoms with Gasteiger partial charge in [-0.05, 0) is 40.2 Å². The van der Waals surface area contributed by atoms with E-state index in [1.807, 2.05) is 27.7 Å². The molecule has 1 heterocycles. The Morgan fingerprint density at radius 1 is 1.41 bits per heavy atom. The molecule has 0 spiro atoms. The Morgan fingerprint density at radius 3 is 2.47 bits per heavy atom. The first kappa shape index (κ1) is 13.7. The third-order valence-corrected chi connectivity index (χ3v) is 2.95. The lowest BCUT2D eigenvalue weighted by atomic mass is 9.97. The van der Waals surface area contributed by atoms with Crippen LogP contribution in [0.4, 0.5) is 4.79 Å². The van der Waals surface area contributed by atoms with Crippen molar-refractivity contribution in [2.45, 2.75) is 45.8 Å². The lowest BCUT2D eigenvalue weighted by Crippen LogP contribution is -2.40. The maximum atomic E-state index is 11.9. The van der Waals surface area contributed by atoms with Gasteiger partial charge in [0, 0.05) is 18.5 Å². The Kier molecular flexibility index (Phi) is 3.96. The van der Waals surface area contributed by atoms with Crippen molar-refractivity contribution < 1.29 is 14.3 Å². The third kappa shape index (κ3) is 3.32. The van der Waals surface area contributed by atoms with Crippen LogP contribution in [0.3, 0.4) is 0 Å². The predicted molar refractivity (Wildman–Crippen MR) is 65.7 cm³/mol. The molecule has 0 aromatic heterocycles. The molecule has 4 heteroatoms. The van der Waals surface area contributed by atoms with Gasteiger partial charge in [0.15, 0.2) is 5.78 Å². The van der Waals surface area contributed by atoms with Gasteiger partial charge in [0.05, 0.1) is 0 Å². The van der Waals surface area contributed by atoms with Gasteiger partial charge in [-0.15, -0.1) is 0 Å². The van der Waals surface area contributed by atoms with Gasteiger partial charge in [-0.1, -0.05) is 6.58 Å². The molecule has 2 atom stereocenters. The van der Waals surface area contributed by atoms with E-state index in [1.54, 1.807) is 4.90 Å². The van der Waals surface area contributed by atoms with Crippen LogP contribution in [0.2, 0.25) is 0 Å². The summed E-state index contributed by atoms with van der Waals surface area (Å²) < 4.78 is 5.30. The number of carbonyl (C=O) groups excluding carboxylic acids is 2. The molecule has 1 fully saturated rings. The van der Waals surface area contributed by atoms with Crippen molar-refractivity contribution in [1.29, 1.82) is 0 Å². The first-order chi connectivity index (χ1) is 7.76. The summed E-state index contributed by atoms with van der Waals surface area (Å²) >= 11 is 0. The van der Waals surface area contributed by atoms with Gasteiger partial charge in [-0.25, -0.2) is 4.79 Å². The molecule has 1 aliphatic heterocycles. The molecule has 0 N–H and O–H groups in total. The lowest BCUT2D eigenvalue weighted by molar-refractivity contribution is -0.118. The van der Waals surface area contributed by atoms with Crippen LogP contribution in [0, 0.1) is 5.92 Å². The van der Waals surface area contributed by atoms with Crippen molar-refractivity contribution in [3.05, 3.63) is 12.7 Å². The van der Waals surface area contributed by atoms with Gasteiger partial charge in [-0.3, -0.25) is 4.79 Å². The maximum Gasteiger partial charge on any atom is 0.410 e. The average Bonchev–Trinajstić information content (AvgIpc) is 2.56. The number of hydrogen-bond acceptors (Lipinski definition) is 3. The van der Waals surface area contributed by atoms with E-state index in [0.29, 0.717) is 13.0 Å². The fourth-order valence-corrected chi connectivity index (χ4v) is 2.05. The molecule has 1 amide bonds. The summed E-state index contributed by atoms with van der Waals surface area (Å²) in [6.07, 6.45) is 1.68. The first-order valence-corrected chi connectivity index (χ1v) is 5.92. The van der Waals surface area contributed by atoms with Crippen LogP contribution >= 0.6 is 0 Å². The zero-order chi connectivity index (χ0) is 13.2. The van der Waals surface area contributed by atoms with Crippen LogP contribution in [0.5, 0.6) is 0 Å². The minimum Gasteiger partial charge on any atom is -0.444 e. The van der Waals surface area contributed by atoms with Crippen LogP contribution < -0.4 is 0 Å². The van der Waals surface area contributed by atoms with Gasteiger partial charge in [0.2, 0.25) is 0 Å². The van der Waals surface area contributed by atoms with Crippen LogP contribution in [0.15, 0.2) is 12.7 Å². The highest BCUT2D eigenvalue weighted by Gasteiger charge is 2.38. The molecular formula is C13H21NO3. The third-order valence-electron chi connectivity index (χ3n) is 2.95. The first-order valence-electron chi connectivity index (χ1n) is 5.92. The standard InChI is InChI=1S/C13H21NO3/c1-6-11(15)10-7-8-14(9(10)2)12(16)17-13(3,4)5/h6,9-10H,1,7-8H2,2-5H3. The fraction of sp³-hybridized carbons (Fsp3) is 0.692. The summed E-state index contributed by atoms with van der Waals surface area (Å²) in [5, 5.41) is 0. The number of nitrogens with zero attached hydrogens (tertiary/aromatic N) is 1. The normalized spacial score (nSPS) is 24.6. The van der Waals surface area contributed by atoms with Crippen LogP contribution in [-0.4, -0.2) is 35.0 Å². The van der Waals surface area contributed by atoms with Crippen LogP contribution in [0.1, 0.15) is 34.1 Å². The minimum atomic E-state index is -0.503. The summed E-state index contributed by atoms with van der Waals surface area (Å²) in [4.78, 5) is 25.1. The Labute approximate surface area is 103 Å². The highest BCUT2D eigenvalue weighted by Crippen LogP contribution is 2.26. The highest BCUT2D eigenvalue weighted by molar-refractivity contribution is 5.92. The lowest BCUT2D eigenvalue weighted by Gasteiger charge is -2.28. The van der Waals surface area contributed by atoms with Crippen molar-refractivity contribution >= 4 is 11.9 Å². The van der Waals surface area contributed by atoms with Gasteiger partial charge in [0.25, 0.3) is 0 Å². The molecule has 0 aliphatic carbocycles. The summed E-state index contributed by atoms with van der Waals surface area (Å²) in [7, 11) is 0.